The van der Waals surface area contributed by atoms with Crippen LogP contribution < -0.4 is 10.6 Å². The Morgan fingerprint density at radius 2 is 1.75 bits per heavy atom. The van der Waals surface area contributed by atoms with Gasteiger partial charge in [-0.1, -0.05) is 29.3 Å². The molecule has 0 radical (unpaired) electrons. The molecule has 0 aliphatic heterocycles. The minimum Gasteiger partial charge on any atom is -0.350 e. The quantitative estimate of drug-likeness (QED) is 0.794. The van der Waals surface area contributed by atoms with Gasteiger partial charge in [0.25, 0.3) is 0 Å². The number of carbonyl (C=O) groups excluding carboxylic acids is 2. The normalized spacial score (nSPS) is 11.0. The van der Waals surface area contributed by atoms with Crippen LogP contribution in [0.15, 0.2) is 42.6 Å². The Bertz CT molecular complexity index is 729. The molecule has 0 fully saturated rings. The third-order valence-corrected chi connectivity index (χ3v) is 3.85. The predicted octanol–water partition coefficient (Wildman–Crippen LogP) is 3.67. The van der Waals surface area contributed by atoms with Gasteiger partial charge in [0.15, 0.2) is 0 Å². The minimum absolute atomic E-state index is 0.249. The lowest BCUT2D eigenvalue weighted by Gasteiger charge is -2.22. The summed E-state index contributed by atoms with van der Waals surface area (Å²) < 4.78 is 0. The number of halogens is 2. The van der Waals surface area contributed by atoms with E-state index in [4.69, 9.17) is 23.2 Å². The van der Waals surface area contributed by atoms with Crippen LogP contribution in [0.25, 0.3) is 0 Å². The van der Waals surface area contributed by atoms with Crippen LogP contribution >= 0.6 is 23.2 Å². The fourth-order valence-corrected chi connectivity index (χ4v) is 2.44. The summed E-state index contributed by atoms with van der Waals surface area (Å²) in [6.07, 6.45) is 1.64. The van der Waals surface area contributed by atoms with Crippen molar-refractivity contribution in [1.82, 2.24) is 10.3 Å². The second-order valence-corrected chi connectivity index (χ2v) is 6.61. The molecule has 7 heteroatoms. The summed E-state index contributed by atoms with van der Waals surface area (Å²) >= 11 is 11.8. The molecule has 0 aliphatic rings. The predicted molar refractivity (Wildman–Crippen MR) is 95.0 cm³/mol. The number of anilines is 1. The van der Waals surface area contributed by atoms with E-state index in [0.29, 0.717) is 21.4 Å². The Hall–Kier alpha value is -2.11. The van der Waals surface area contributed by atoms with Gasteiger partial charge in [-0.15, -0.1) is 0 Å². The summed E-state index contributed by atoms with van der Waals surface area (Å²) in [6.45, 7) is 3.34. The van der Waals surface area contributed by atoms with Crippen molar-refractivity contribution in [2.45, 2.75) is 20.4 Å². The lowest BCUT2D eigenvalue weighted by atomic mass is 9.91. The van der Waals surface area contributed by atoms with E-state index in [1.807, 2.05) is 6.07 Å². The lowest BCUT2D eigenvalue weighted by molar-refractivity contribution is -0.138. The van der Waals surface area contributed by atoms with Gasteiger partial charge in [-0.25, -0.2) is 0 Å². The number of benzene rings is 1. The van der Waals surface area contributed by atoms with Crippen LogP contribution in [0.1, 0.15) is 19.5 Å². The van der Waals surface area contributed by atoms with Gasteiger partial charge in [-0.2, -0.15) is 0 Å². The number of pyridine rings is 1. The molecule has 0 spiro atoms. The summed E-state index contributed by atoms with van der Waals surface area (Å²) in [5.41, 5.74) is -0.129. The van der Waals surface area contributed by atoms with E-state index in [1.54, 1.807) is 50.4 Å². The average molecular weight is 366 g/mol. The maximum absolute atomic E-state index is 12.4. The van der Waals surface area contributed by atoms with Crippen LogP contribution in [0.4, 0.5) is 5.69 Å². The van der Waals surface area contributed by atoms with Crippen LogP contribution in [0.3, 0.4) is 0 Å². The highest BCUT2D eigenvalue weighted by molar-refractivity contribution is 6.35. The fraction of sp³-hybridized carbons (Fsp3) is 0.235. The molecule has 0 atom stereocenters. The van der Waals surface area contributed by atoms with Crippen LogP contribution in [0.2, 0.25) is 10.0 Å². The zero-order chi connectivity index (χ0) is 17.7. The van der Waals surface area contributed by atoms with E-state index < -0.39 is 17.2 Å². The van der Waals surface area contributed by atoms with E-state index in [9.17, 15) is 9.59 Å². The highest BCUT2D eigenvalue weighted by atomic mass is 35.5. The van der Waals surface area contributed by atoms with Crippen molar-refractivity contribution in [2.75, 3.05) is 5.32 Å². The SMILES string of the molecule is CC(C)(C(=O)NCc1ccccn1)C(=O)Nc1cc(Cl)cc(Cl)c1. The molecule has 24 heavy (non-hydrogen) atoms. The maximum Gasteiger partial charge on any atom is 0.239 e. The Morgan fingerprint density at radius 1 is 1.08 bits per heavy atom. The topological polar surface area (TPSA) is 71.1 Å². The summed E-state index contributed by atoms with van der Waals surface area (Å²) in [7, 11) is 0. The largest absolute Gasteiger partial charge is 0.350 e. The lowest BCUT2D eigenvalue weighted by Crippen LogP contribution is -2.45. The molecule has 1 aromatic carbocycles. The number of hydrogen-bond donors (Lipinski definition) is 2. The zero-order valence-electron chi connectivity index (χ0n) is 13.3. The molecule has 1 aromatic heterocycles. The van der Waals surface area contributed by atoms with Crippen molar-refractivity contribution in [1.29, 1.82) is 0 Å². The van der Waals surface area contributed by atoms with E-state index in [2.05, 4.69) is 15.6 Å². The second kappa shape index (κ2) is 7.64. The minimum atomic E-state index is -1.27. The van der Waals surface area contributed by atoms with Gasteiger partial charge in [0.2, 0.25) is 11.8 Å². The molecular formula is C17H17Cl2N3O2. The number of nitrogens with zero attached hydrogens (tertiary/aromatic N) is 1. The van der Waals surface area contributed by atoms with Crippen LogP contribution in [0, 0.1) is 5.41 Å². The molecule has 1 heterocycles. The molecule has 5 nitrogen and oxygen atoms in total. The molecular weight excluding hydrogens is 349 g/mol. The van der Waals surface area contributed by atoms with Crippen LogP contribution in [-0.4, -0.2) is 16.8 Å². The fourth-order valence-electron chi connectivity index (χ4n) is 1.91. The first-order chi connectivity index (χ1) is 11.3. The van der Waals surface area contributed by atoms with Crippen molar-refractivity contribution >= 4 is 40.7 Å². The molecule has 0 bridgehead atoms. The van der Waals surface area contributed by atoms with Gasteiger partial charge in [-0.05, 0) is 44.2 Å². The van der Waals surface area contributed by atoms with Crippen LogP contribution in [0.5, 0.6) is 0 Å². The van der Waals surface area contributed by atoms with Crippen molar-refractivity contribution in [3.63, 3.8) is 0 Å². The van der Waals surface area contributed by atoms with E-state index in [1.165, 1.54) is 0 Å². The first kappa shape index (κ1) is 18.2. The third kappa shape index (κ3) is 4.69. The smallest absolute Gasteiger partial charge is 0.239 e. The van der Waals surface area contributed by atoms with E-state index in [0.717, 1.165) is 0 Å². The summed E-state index contributed by atoms with van der Waals surface area (Å²) in [5, 5.41) is 6.17. The summed E-state index contributed by atoms with van der Waals surface area (Å²) in [4.78, 5) is 28.9. The monoisotopic (exact) mass is 365 g/mol. The third-order valence-electron chi connectivity index (χ3n) is 3.41. The molecule has 0 unspecified atom stereocenters. The molecule has 2 amide bonds. The number of nitrogens with one attached hydrogen (secondary N) is 2. The maximum atomic E-state index is 12.4. The van der Waals surface area contributed by atoms with E-state index in [-0.39, 0.29) is 6.54 Å². The number of carbonyl (C=O) groups is 2. The standard InChI is InChI=1S/C17H17Cl2N3O2/c1-17(2,15(23)21-10-13-5-3-4-6-20-13)16(24)22-14-8-11(18)7-12(19)9-14/h3-9H,10H2,1-2H3,(H,21,23)(H,22,24). The first-order valence-electron chi connectivity index (χ1n) is 7.25. The number of aromatic nitrogens is 1. The van der Waals surface area contributed by atoms with Gasteiger partial charge >= 0.3 is 0 Å². The molecule has 2 rings (SSSR count). The molecule has 2 N–H and O–H groups in total. The first-order valence-corrected chi connectivity index (χ1v) is 8.00. The molecule has 0 saturated carbocycles. The summed E-state index contributed by atoms with van der Waals surface area (Å²) in [6, 6.07) is 10.1. The van der Waals surface area contributed by atoms with Crippen molar-refractivity contribution in [2.24, 2.45) is 5.41 Å². The van der Waals surface area contributed by atoms with Gasteiger partial charge in [-0.3, -0.25) is 14.6 Å². The Kier molecular flexibility index (Phi) is 5.80. The zero-order valence-corrected chi connectivity index (χ0v) is 14.8. The number of amides is 2. The second-order valence-electron chi connectivity index (χ2n) is 5.74. The number of rotatable bonds is 5. The Labute approximate surface area is 150 Å². The van der Waals surface area contributed by atoms with Gasteiger partial charge in [0, 0.05) is 21.9 Å². The highest BCUT2D eigenvalue weighted by Crippen LogP contribution is 2.25. The van der Waals surface area contributed by atoms with Crippen molar-refractivity contribution in [3.05, 3.63) is 58.3 Å². The molecule has 0 aliphatic carbocycles. The van der Waals surface area contributed by atoms with Crippen LogP contribution in [-0.2, 0) is 16.1 Å². The van der Waals surface area contributed by atoms with Gasteiger partial charge < -0.3 is 10.6 Å². The molecule has 126 valence electrons. The molecule has 2 aromatic rings. The Morgan fingerprint density at radius 3 is 2.33 bits per heavy atom. The van der Waals surface area contributed by atoms with Gasteiger partial charge in [0.05, 0.1) is 12.2 Å². The van der Waals surface area contributed by atoms with Crippen molar-refractivity contribution < 1.29 is 9.59 Å². The summed E-state index contributed by atoms with van der Waals surface area (Å²) in [5.74, 6) is -0.863. The molecule has 0 saturated heterocycles. The number of hydrogen-bond acceptors (Lipinski definition) is 3. The Balaban J connectivity index is 2.02. The van der Waals surface area contributed by atoms with Crippen molar-refractivity contribution in [3.8, 4) is 0 Å². The average Bonchev–Trinajstić information content (AvgIpc) is 2.52. The van der Waals surface area contributed by atoms with Gasteiger partial charge in [0.1, 0.15) is 5.41 Å². The highest BCUT2D eigenvalue weighted by Gasteiger charge is 2.36. The van der Waals surface area contributed by atoms with E-state index >= 15 is 0 Å².